The third kappa shape index (κ3) is 1.43. The van der Waals surface area contributed by atoms with Crippen molar-refractivity contribution in [3.8, 4) is 0 Å². The molecule has 0 bridgehead atoms. The first-order valence-electron chi connectivity index (χ1n) is 3.85. The summed E-state index contributed by atoms with van der Waals surface area (Å²) in [5, 5.41) is 8.85. The Labute approximate surface area is 67.7 Å². The van der Waals surface area contributed by atoms with Gasteiger partial charge in [0.25, 0.3) is 0 Å². The van der Waals surface area contributed by atoms with Gasteiger partial charge in [0.05, 0.1) is 6.61 Å². The van der Waals surface area contributed by atoms with Crippen molar-refractivity contribution in [1.29, 1.82) is 0 Å². The van der Waals surface area contributed by atoms with Crippen LogP contribution in [0.4, 0.5) is 0 Å². The highest BCUT2D eigenvalue weighted by Gasteiger charge is 2.31. The van der Waals surface area contributed by atoms with Gasteiger partial charge in [0.15, 0.2) is 0 Å². The lowest BCUT2D eigenvalue weighted by Crippen LogP contribution is -1.78. The maximum Gasteiger partial charge on any atom is 0.0653 e. The van der Waals surface area contributed by atoms with E-state index in [1.54, 1.807) is 6.08 Å². The van der Waals surface area contributed by atoms with E-state index in [1.165, 1.54) is 16.7 Å². The molecule has 0 amide bonds. The zero-order chi connectivity index (χ0) is 8.43. The molecule has 0 aromatic rings. The van der Waals surface area contributed by atoms with Crippen molar-refractivity contribution >= 4 is 0 Å². The average molecular weight is 150 g/mol. The van der Waals surface area contributed by atoms with E-state index in [2.05, 4.69) is 20.4 Å². The minimum Gasteiger partial charge on any atom is -0.392 e. The molecular weight excluding hydrogens is 136 g/mol. The van der Waals surface area contributed by atoms with Crippen LogP contribution in [0.5, 0.6) is 0 Å². The van der Waals surface area contributed by atoms with Gasteiger partial charge < -0.3 is 5.11 Å². The molecule has 11 heavy (non-hydrogen) atoms. The monoisotopic (exact) mass is 150 g/mol. The average Bonchev–Trinajstić information content (AvgIpc) is 2.61. The molecule has 1 N–H and O–H groups in total. The van der Waals surface area contributed by atoms with Crippen LogP contribution in [-0.4, -0.2) is 11.7 Å². The third-order valence-corrected chi connectivity index (χ3v) is 2.18. The Morgan fingerprint density at radius 1 is 1.73 bits per heavy atom. The van der Waals surface area contributed by atoms with E-state index in [4.69, 9.17) is 5.11 Å². The molecule has 0 radical (unpaired) electrons. The van der Waals surface area contributed by atoms with Crippen LogP contribution in [0, 0.1) is 5.92 Å². The second-order valence-electron chi connectivity index (χ2n) is 2.90. The molecule has 1 aliphatic carbocycles. The Balaban J connectivity index is 2.71. The standard InChI is InChI=1S/C10H14O/c1-4-5-7(2)10-8(3)9(10)6-11/h4-5,8,11H,1,6H2,2-3H3/b7-5+. The van der Waals surface area contributed by atoms with Crippen molar-refractivity contribution in [2.75, 3.05) is 6.61 Å². The van der Waals surface area contributed by atoms with Gasteiger partial charge in [-0.15, -0.1) is 0 Å². The van der Waals surface area contributed by atoms with Crippen LogP contribution in [0.3, 0.4) is 0 Å². The van der Waals surface area contributed by atoms with Gasteiger partial charge in [0, 0.05) is 5.92 Å². The van der Waals surface area contributed by atoms with Crippen molar-refractivity contribution in [3.05, 3.63) is 35.5 Å². The summed E-state index contributed by atoms with van der Waals surface area (Å²) in [5.41, 5.74) is 3.73. The molecule has 60 valence electrons. The van der Waals surface area contributed by atoms with Gasteiger partial charge in [-0.2, -0.15) is 0 Å². The second-order valence-corrected chi connectivity index (χ2v) is 2.90. The van der Waals surface area contributed by atoms with Gasteiger partial charge in [-0.05, 0) is 23.6 Å². The van der Waals surface area contributed by atoms with Gasteiger partial charge in [0.1, 0.15) is 0 Å². The fraction of sp³-hybridized carbons (Fsp3) is 0.400. The highest BCUT2D eigenvalue weighted by molar-refractivity contribution is 5.53. The first kappa shape index (κ1) is 8.28. The molecule has 1 atom stereocenters. The topological polar surface area (TPSA) is 20.2 Å². The van der Waals surface area contributed by atoms with E-state index in [1.807, 2.05) is 6.08 Å². The van der Waals surface area contributed by atoms with Crippen LogP contribution in [0.15, 0.2) is 35.5 Å². The van der Waals surface area contributed by atoms with Crippen molar-refractivity contribution in [2.24, 2.45) is 5.92 Å². The van der Waals surface area contributed by atoms with Crippen LogP contribution >= 0.6 is 0 Å². The van der Waals surface area contributed by atoms with E-state index in [9.17, 15) is 0 Å². The molecule has 0 saturated heterocycles. The van der Waals surface area contributed by atoms with Crippen LogP contribution in [-0.2, 0) is 0 Å². The van der Waals surface area contributed by atoms with Crippen molar-refractivity contribution in [1.82, 2.24) is 0 Å². The summed E-state index contributed by atoms with van der Waals surface area (Å²) < 4.78 is 0. The molecule has 1 aliphatic rings. The summed E-state index contributed by atoms with van der Waals surface area (Å²) in [7, 11) is 0. The Kier molecular flexibility index (Phi) is 2.30. The molecule has 0 heterocycles. The van der Waals surface area contributed by atoms with Crippen LogP contribution in [0.2, 0.25) is 0 Å². The first-order chi connectivity index (χ1) is 5.22. The van der Waals surface area contributed by atoms with Crippen molar-refractivity contribution < 1.29 is 5.11 Å². The van der Waals surface area contributed by atoms with Crippen molar-refractivity contribution in [3.63, 3.8) is 0 Å². The minimum absolute atomic E-state index is 0.207. The molecule has 0 saturated carbocycles. The SMILES string of the molecule is C=C/C=C(\C)C1=C(CO)C1C. The molecule has 1 heteroatoms. The van der Waals surface area contributed by atoms with Gasteiger partial charge in [-0.25, -0.2) is 0 Å². The molecule has 0 spiro atoms. The Bertz CT molecular complexity index is 233. The zero-order valence-electron chi connectivity index (χ0n) is 7.09. The Morgan fingerprint density at radius 3 is 2.73 bits per heavy atom. The summed E-state index contributed by atoms with van der Waals surface area (Å²) >= 11 is 0. The summed E-state index contributed by atoms with van der Waals surface area (Å²) in [4.78, 5) is 0. The van der Waals surface area contributed by atoms with Crippen LogP contribution in [0.25, 0.3) is 0 Å². The number of aliphatic hydroxyl groups is 1. The molecule has 1 unspecified atom stereocenters. The molecule has 1 nitrogen and oxygen atoms in total. The second kappa shape index (κ2) is 3.05. The number of hydrogen-bond acceptors (Lipinski definition) is 1. The molecule has 1 rings (SSSR count). The van der Waals surface area contributed by atoms with Gasteiger partial charge in [-0.3, -0.25) is 0 Å². The summed E-state index contributed by atoms with van der Waals surface area (Å²) in [6.07, 6.45) is 3.76. The highest BCUT2D eigenvalue weighted by Crippen LogP contribution is 2.42. The first-order valence-corrected chi connectivity index (χ1v) is 3.85. The number of hydrogen-bond donors (Lipinski definition) is 1. The number of rotatable bonds is 3. The molecule has 0 fully saturated rings. The third-order valence-electron chi connectivity index (χ3n) is 2.18. The minimum atomic E-state index is 0.207. The van der Waals surface area contributed by atoms with E-state index in [0.29, 0.717) is 5.92 Å². The van der Waals surface area contributed by atoms with E-state index < -0.39 is 0 Å². The predicted octanol–water partition coefficient (Wildman–Crippen LogP) is 2.06. The quantitative estimate of drug-likeness (QED) is 0.610. The van der Waals surface area contributed by atoms with Gasteiger partial charge in [0.2, 0.25) is 0 Å². The lowest BCUT2D eigenvalue weighted by molar-refractivity contribution is 0.332. The molecule has 0 aliphatic heterocycles. The maximum atomic E-state index is 8.85. The largest absolute Gasteiger partial charge is 0.392 e. The fourth-order valence-electron chi connectivity index (χ4n) is 1.48. The van der Waals surface area contributed by atoms with Crippen LogP contribution < -0.4 is 0 Å². The zero-order valence-corrected chi connectivity index (χ0v) is 7.09. The fourth-order valence-corrected chi connectivity index (χ4v) is 1.48. The van der Waals surface area contributed by atoms with E-state index in [0.717, 1.165) is 0 Å². The molecular formula is C10H14O. The van der Waals surface area contributed by atoms with Gasteiger partial charge >= 0.3 is 0 Å². The maximum absolute atomic E-state index is 8.85. The van der Waals surface area contributed by atoms with Crippen molar-refractivity contribution in [2.45, 2.75) is 13.8 Å². The summed E-state index contributed by atoms with van der Waals surface area (Å²) in [5.74, 6) is 0.496. The normalized spacial score (nSPS) is 23.9. The van der Waals surface area contributed by atoms with Gasteiger partial charge in [-0.1, -0.05) is 25.7 Å². The summed E-state index contributed by atoms with van der Waals surface area (Å²) in [6.45, 7) is 8.00. The number of allylic oxidation sites excluding steroid dienone is 4. The van der Waals surface area contributed by atoms with E-state index >= 15 is 0 Å². The Morgan fingerprint density at radius 2 is 2.36 bits per heavy atom. The Hall–Kier alpha value is -0.820. The highest BCUT2D eigenvalue weighted by atomic mass is 16.3. The lowest BCUT2D eigenvalue weighted by Gasteiger charge is -1.90. The summed E-state index contributed by atoms with van der Waals surface area (Å²) in [6, 6.07) is 0. The number of aliphatic hydroxyl groups excluding tert-OH is 1. The van der Waals surface area contributed by atoms with Crippen LogP contribution in [0.1, 0.15) is 13.8 Å². The molecule has 0 aromatic heterocycles. The van der Waals surface area contributed by atoms with E-state index in [-0.39, 0.29) is 6.61 Å². The smallest absolute Gasteiger partial charge is 0.0653 e. The predicted molar refractivity (Wildman–Crippen MR) is 47.2 cm³/mol. The lowest BCUT2D eigenvalue weighted by atomic mass is 10.2. The molecule has 0 aromatic carbocycles.